The minimum Gasteiger partial charge on any atom is -0.485 e. The van der Waals surface area contributed by atoms with Crippen LogP contribution in [0.3, 0.4) is 0 Å². The van der Waals surface area contributed by atoms with Gasteiger partial charge in [0, 0.05) is 54.9 Å². The van der Waals surface area contributed by atoms with E-state index in [9.17, 15) is 4.79 Å². The number of fused-ring (bicyclic) bond motifs is 1. The van der Waals surface area contributed by atoms with E-state index in [1.807, 2.05) is 29.2 Å². The zero-order chi connectivity index (χ0) is 18.8. The maximum absolute atomic E-state index is 12.7. The zero-order valence-corrected chi connectivity index (χ0v) is 15.5. The van der Waals surface area contributed by atoms with E-state index in [4.69, 9.17) is 9.26 Å². The van der Waals surface area contributed by atoms with Crippen LogP contribution in [0.15, 0.2) is 47.2 Å². The van der Waals surface area contributed by atoms with Gasteiger partial charge in [0.05, 0.1) is 0 Å². The lowest BCUT2D eigenvalue weighted by Gasteiger charge is -2.37. The van der Waals surface area contributed by atoms with Gasteiger partial charge in [-0.2, -0.15) is 0 Å². The number of pyridine rings is 1. The van der Waals surface area contributed by atoms with Crippen molar-refractivity contribution in [2.75, 3.05) is 26.7 Å². The lowest BCUT2D eigenvalue weighted by molar-refractivity contribution is 0.0562. The van der Waals surface area contributed by atoms with Crippen LogP contribution in [0.5, 0.6) is 5.75 Å². The highest BCUT2D eigenvalue weighted by atomic mass is 16.5. The molecule has 1 saturated heterocycles. The second kappa shape index (κ2) is 7.36. The van der Waals surface area contributed by atoms with Crippen LogP contribution in [0.2, 0.25) is 0 Å². The molecule has 7 nitrogen and oxygen atoms in total. The Labute approximate surface area is 157 Å². The maximum atomic E-state index is 12.7. The molecule has 0 aliphatic carbocycles. The van der Waals surface area contributed by atoms with Crippen molar-refractivity contribution in [3.05, 3.63) is 54.2 Å². The molecule has 1 fully saturated rings. The number of rotatable bonds is 4. The molecule has 1 amide bonds. The monoisotopic (exact) mass is 366 g/mol. The predicted molar refractivity (Wildman–Crippen MR) is 101 cm³/mol. The van der Waals surface area contributed by atoms with Crippen molar-refractivity contribution in [2.45, 2.75) is 19.6 Å². The first-order chi connectivity index (χ1) is 13.1. The largest absolute Gasteiger partial charge is 0.485 e. The fourth-order valence-corrected chi connectivity index (χ4v) is 3.24. The molecule has 1 aliphatic heterocycles. The summed E-state index contributed by atoms with van der Waals surface area (Å²) in [5, 5.41) is 5.93. The van der Waals surface area contributed by atoms with E-state index in [1.165, 1.54) is 0 Å². The van der Waals surface area contributed by atoms with Crippen LogP contribution in [0.4, 0.5) is 0 Å². The molecule has 4 rings (SSSR count). The van der Waals surface area contributed by atoms with Crippen molar-refractivity contribution in [3.63, 3.8) is 0 Å². The van der Waals surface area contributed by atoms with E-state index in [1.54, 1.807) is 18.5 Å². The van der Waals surface area contributed by atoms with Gasteiger partial charge in [-0.15, -0.1) is 0 Å². The average molecular weight is 366 g/mol. The molecule has 0 radical (unpaired) electrons. The van der Waals surface area contributed by atoms with Crippen molar-refractivity contribution >= 4 is 16.7 Å². The fourth-order valence-electron chi connectivity index (χ4n) is 3.24. The van der Waals surface area contributed by atoms with Gasteiger partial charge in [0.25, 0.3) is 5.91 Å². The van der Waals surface area contributed by atoms with Gasteiger partial charge in [0.1, 0.15) is 12.4 Å². The lowest BCUT2D eigenvalue weighted by atomic mass is 10.1. The Hall–Kier alpha value is -2.93. The number of carbonyl (C=O) groups excluding carboxylic acids is 1. The van der Waals surface area contributed by atoms with Crippen LogP contribution >= 0.6 is 0 Å². The highest BCUT2D eigenvalue weighted by molar-refractivity contribution is 5.92. The Kier molecular flexibility index (Phi) is 4.77. The van der Waals surface area contributed by atoms with Crippen LogP contribution in [0.25, 0.3) is 10.8 Å². The van der Waals surface area contributed by atoms with Gasteiger partial charge in [-0.1, -0.05) is 17.3 Å². The smallest absolute Gasteiger partial charge is 0.276 e. The maximum Gasteiger partial charge on any atom is 0.276 e. The van der Waals surface area contributed by atoms with Crippen molar-refractivity contribution in [2.24, 2.45) is 0 Å². The van der Waals surface area contributed by atoms with E-state index in [0.717, 1.165) is 23.1 Å². The predicted octanol–water partition coefficient (Wildman–Crippen LogP) is 2.58. The molecule has 0 saturated carbocycles. The molecule has 0 spiro atoms. The van der Waals surface area contributed by atoms with E-state index in [0.29, 0.717) is 30.6 Å². The topological polar surface area (TPSA) is 71.7 Å². The number of amides is 1. The molecular formula is C20H22N4O3. The number of nitrogens with zero attached hydrogens (tertiary/aromatic N) is 4. The van der Waals surface area contributed by atoms with Gasteiger partial charge in [-0.25, -0.2) is 0 Å². The summed E-state index contributed by atoms with van der Waals surface area (Å²) in [6.07, 6.45) is 3.53. The van der Waals surface area contributed by atoms with Crippen molar-refractivity contribution in [3.8, 4) is 5.75 Å². The number of aromatic nitrogens is 2. The summed E-state index contributed by atoms with van der Waals surface area (Å²) in [6, 6.07) is 9.71. The van der Waals surface area contributed by atoms with Gasteiger partial charge in [-0.05, 0) is 26.1 Å². The molecular weight excluding hydrogens is 344 g/mol. The highest BCUT2D eigenvalue weighted by Gasteiger charge is 2.27. The third kappa shape index (κ3) is 3.64. The third-order valence-corrected chi connectivity index (χ3v) is 5.04. The second-order valence-electron chi connectivity index (χ2n) is 6.90. The fraction of sp³-hybridized carbons (Fsp3) is 0.350. The molecule has 2 aromatic heterocycles. The van der Waals surface area contributed by atoms with Gasteiger partial charge in [-0.3, -0.25) is 9.78 Å². The van der Waals surface area contributed by atoms with Crippen LogP contribution < -0.4 is 4.74 Å². The van der Waals surface area contributed by atoms with E-state index >= 15 is 0 Å². The van der Waals surface area contributed by atoms with Gasteiger partial charge < -0.3 is 19.1 Å². The first-order valence-electron chi connectivity index (χ1n) is 9.02. The van der Waals surface area contributed by atoms with Crippen LogP contribution in [-0.4, -0.2) is 58.6 Å². The Balaban J connectivity index is 1.43. The quantitative estimate of drug-likeness (QED) is 0.707. The summed E-state index contributed by atoms with van der Waals surface area (Å²) >= 11 is 0. The molecule has 0 bridgehead atoms. The highest BCUT2D eigenvalue weighted by Crippen LogP contribution is 2.25. The van der Waals surface area contributed by atoms with Crippen LogP contribution in [0.1, 0.15) is 23.2 Å². The van der Waals surface area contributed by atoms with Gasteiger partial charge in [0.2, 0.25) is 0 Å². The number of hydrogen-bond acceptors (Lipinski definition) is 6. The Morgan fingerprint density at radius 3 is 3.07 bits per heavy atom. The minimum absolute atomic E-state index is 0.0961. The molecule has 0 unspecified atom stereocenters. The molecule has 3 aromatic rings. The Bertz CT molecular complexity index is 950. The SMILES string of the molecule is C[C@@H]1CN(C(=O)c2cc(COc3cccc4cnccc34)on2)CCN1C. The molecule has 3 heterocycles. The van der Waals surface area contributed by atoms with Crippen molar-refractivity contribution in [1.29, 1.82) is 0 Å². The normalized spacial score (nSPS) is 18.0. The Morgan fingerprint density at radius 1 is 1.33 bits per heavy atom. The van der Waals surface area contributed by atoms with Crippen molar-refractivity contribution < 1.29 is 14.1 Å². The number of benzene rings is 1. The first kappa shape index (κ1) is 17.5. The number of piperazine rings is 1. The molecule has 27 heavy (non-hydrogen) atoms. The standard InChI is InChI=1S/C20H22N4O3/c1-14-12-24(9-8-23(14)2)20(25)18-10-16(27-22-18)13-26-19-5-3-4-15-11-21-7-6-17(15)19/h3-7,10-11,14H,8-9,12-13H2,1-2H3/t14-/m1/s1. The van der Waals surface area contributed by atoms with Gasteiger partial charge >= 0.3 is 0 Å². The second-order valence-corrected chi connectivity index (χ2v) is 6.90. The Morgan fingerprint density at radius 2 is 2.22 bits per heavy atom. The minimum atomic E-state index is -0.0961. The summed E-state index contributed by atoms with van der Waals surface area (Å²) < 4.78 is 11.2. The van der Waals surface area contributed by atoms with Crippen LogP contribution in [0, 0.1) is 0 Å². The summed E-state index contributed by atoms with van der Waals surface area (Å²) in [5.41, 5.74) is 0.326. The molecule has 1 aliphatic rings. The molecule has 140 valence electrons. The van der Waals surface area contributed by atoms with E-state index in [2.05, 4.69) is 29.0 Å². The van der Waals surface area contributed by atoms with E-state index < -0.39 is 0 Å². The van der Waals surface area contributed by atoms with Gasteiger partial charge in [0.15, 0.2) is 11.5 Å². The number of carbonyl (C=O) groups is 1. The molecule has 1 atom stereocenters. The molecule has 1 aromatic carbocycles. The third-order valence-electron chi connectivity index (χ3n) is 5.04. The summed E-state index contributed by atoms with van der Waals surface area (Å²) in [5.74, 6) is 1.17. The molecule has 7 heteroatoms. The summed E-state index contributed by atoms with van der Waals surface area (Å²) in [7, 11) is 2.07. The summed E-state index contributed by atoms with van der Waals surface area (Å²) in [6.45, 7) is 4.57. The summed E-state index contributed by atoms with van der Waals surface area (Å²) in [4.78, 5) is 20.8. The van der Waals surface area contributed by atoms with E-state index in [-0.39, 0.29) is 12.5 Å². The number of hydrogen-bond donors (Lipinski definition) is 0. The molecule has 0 N–H and O–H groups in total. The number of ether oxygens (including phenoxy) is 1. The number of likely N-dealkylation sites (N-methyl/N-ethyl adjacent to an activating group) is 1. The lowest BCUT2D eigenvalue weighted by Crippen LogP contribution is -2.52. The van der Waals surface area contributed by atoms with Crippen molar-refractivity contribution in [1.82, 2.24) is 19.9 Å². The first-order valence-corrected chi connectivity index (χ1v) is 9.02. The average Bonchev–Trinajstić information content (AvgIpc) is 3.17. The zero-order valence-electron chi connectivity index (χ0n) is 15.5. The van der Waals surface area contributed by atoms with Crippen LogP contribution in [-0.2, 0) is 6.61 Å².